The van der Waals surface area contributed by atoms with Crippen molar-refractivity contribution in [2.24, 2.45) is 0 Å². The zero-order valence-electron chi connectivity index (χ0n) is 16.9. The maximum absolute atomic E-state index is 13.4. The van der Waals surface area contributed by atoms with Crippen molar-refractivity contribution in [2.75, 3.05) is 33.8 Å². The number of H-pyrrole nitrogens is 1. The lowest BCUT2D eigenvalue weighted by atomic mass is 10.0. The SMILES string of the molecule is CNCCN(C)Cc1c[nH]nc1-c1cc(OCCCC(C)=O)cc(C(F)(F)F)c1. The summed E-state index contributed by atoms with van der Waals surface area (Å²) in [6.45, 7) is 3.76. The highest BCUT2D eigenvalue weighted by molar-refractivity contribution is 5.75. The van der Waals surface area contributed by atoms with Gasteiger partial charge in [0.25, 0.3) is 0 Å². The van der Waals surface area contributed by atoms with E-state index in [0.29, 0.717) is 30.6 Å². The van der Waals surface area contributed by atoms with Gasteiger partial charge in [0.1, 0.15) is 11.5 Å². The molecule has 1 aromatic carbocycles. The Morgan fingerprint density at radius 2 is 2.07 bits per heavy atom. The molecule has 0 saturated heterocycles. The summed E-state index contributed by atoms with van der Waals surface area (Å²) in [6.07, 6.45) is -2.04. The third kappa shape index (κ3) is 7.17. The fraction of sp³-hybridized carbons (Fsp3) is 0.500. The van der Waals surface area contributed by atoms with Crippen molar-refractivity contribution in [3.05, 3.63) is 35.5 Å². The standard InChI is InChI=1S/C20H27F3N4O2/c1-14(28)5-4-8-29-18-10-15(9-17(11-18)20(21,22)23)19-16(12-25-26-19)13-27(3)7-6-24-2/h9-12,24H,4-8,13H2,1-3H3,(H,25,26). The summed E-state index contributed by atoms with van der Waals surface area (Å²) < 4.78 is 45.7. The Labute approximate surface area is 168 Å². The molecule has 0 bridgehead atoms. The Bertz CT molecular complexity index is 805. The van der Waals surface area contributed by atoms with Gasteiger partial charge in [0, 0.05) is 43.4 Å². The van der Waals surface area contributed by atoms with E-state index in [1.54, 1.807) is 12.3 Å². The Balaban J connectivity index is 2.26. The number of aromatic nitrogens is 2. The van der Waals surface area contributed by atoms with Crippen molar-refractivity contribution < 1.29 is 22.7 Å². The molecule has 0 radical (unpaired) electrons. The number of ether oxygens (including phenoxy) is 1. The Morgan fingerprint density at radius 3 is 2.72 bits per heavy atom. The average Bonchev–Trinajstić information content (AvgIpc) is 3.10. The van der Waals surface area contributed by atoms with Crippen LogP contribution in [0.4, 0.5) is 13.2 Å². The van der Waals surface area contributed by atoms with E-state index in [9.17, 15) is 18.0 Å². The van der Waals surface area contributed by atoms with Gasteiger partial charge in [-0.25, -0.2) is 0 Å². The van der Waals surface area contributed by atoms with Crippen LogP contribution in [0.2, 0.25) is 0 Å². The quantitative estimate of drug-likeness (QED) is 0.553. The van der Waals surface area contributed by atoms with Crippen molar-refractivity contribution in [3.63, 3.8) is 0 Å². The average molecular weight is 412 g/mol. The van der Waals surface area contributed by atoms with E-state index in [1.165, 1.54) is 6.92 Å². The monoisotopic (exact) mass is 412 g/mol. The van der Waals surface area contributed by atoms with Gasteiger partial charge in [0.15, 0.2) is 0 Å². The van der Waals surface area contributed by atoms with Crippen molar-refractivity contribution in [3.8, 4) is 17.0 Å². The van der Waals surface area contributed by atoms with E-state index >= 15 is 0 Å². The molecule has 1 aromatic heterocycles. The van der Waals surface area contributed by atoms with Crippen LogP contribution < -0.4 is 10.1 Å². The van der Waals surface area contributed by atoms with Crippen LogP contribution in [-0.2, 0) is 17.5 Å². The molecule has 29 heavy (non-hydrogen) atoms. The van der Waals surface area contributed by atoms with Crippen molar-refractivity contribution in [1.29, 1.82) is 0 Å². The van der Waals surface area contributed by atoms with Gasteiger partial charge < -0.3 is 19.7 Å². The first-order valence-corrected chi connectivity index (χ1v) is 9.41. The van der Waals surface area contributed by atoms with Crippen LogP contribution in [0.3, 0.4) is 0 Å². The molecular formula is C20H27F3N4O2. The number of nitrogens with one attached hydrogen (secondary N) is 2. The van der Waals surface area contributed by atoms with Crippen LogP contribution in [-0.4, -0.2) is 54.7 Å². The molecule has 9 heteroatoms. The normalized spacial score (nSPS) is 11.8. The van der Waals surface area contributed by atoms with Crippen molar-refractivity contribution in [2.45, 2.75) is 32.5 Å². The van der Waals surface area contributed by atoms with Gasteiger partial charge in [0.2, 0.25) is 0 Å². The number of rotatable bonds is 11. The maximum Gasteiger partial charge on any atom is 0.416 e. The van der Waals surface area contributed by atoms with E-state index in [0.717, 1.165) is 30.8 Å². The lowest BCUT2D eigenvalue weighted by molar-refractivity contribution is -0.137. The largest absolute Gasteiger partial charge is 0.494 e. The predicted octanol–water partition coefficient (Wildman–Crippen LogP) is 3.49. The zero-order chi connectivity index (χ0) is 21.4. The number of halogens is 3. The molecule has 0 unspecified atom stereocenters. The number of hydrogen-bond donors (Lipinski definition) is 2. The molecule has 0 aliphatic heterocycles. The Morgan fingerprint density at radius 1 is 1.31 bits per heavy atom. The third-order valence-electron chi connectivity index (χ3n) is 4.35. The fourth-order valence-corrected chi connectivity index (χ4v) is 2.85. The minimum absolute atomic E-state index is 0.0156. The first-order chi connectivity index (χ1) is 13.7. The fourth-order valence-electron chi connectivity index (χ4n) is 2.85. The van der Waals surface area contributed by atoms with Crippen molar-refractivity contribution >= 4 is 5.78 Å². The first kappa shape index (κ1) is 22.9. The number of nitrogens with zero attached hydrogens (tertiary/aromatic N) is 2. The summed E-state index contributed by atoms with van der Waals surface area (Å²) in [7, 11) is 3.79. The number of likely N-dealkylation sites (N-methyl/N-ethyl adjacent to an activating group) is 2. The molecule has 1 heterocycles. The summed E-state index contributed by atoms with van der Waals surface area (Å²) in [5.74, 6) is 0.123. The van der Waals surface area contributed by atoms with E-state index in [-0.39, 0.29) is 18.1 Å². The van der Waals surface area contributed by atoms with Gasteiger partial charge in [-0.2, -0.15) is 18.3 Å². The van der Waals surface area contributed by atoms with Gasteiger partial charge in [0.05, 0.1) is 17.9 Å². The number of Topliss-reactive ketones (excluding diaryl/α,β-unsaturated/α-hetero) is 1. The molecule has 0 aliphatic rings. The predicted molar refractivity (Wildman–Crippen MR) is 105 cm³/mol. The number of aromatic amines is 1. The summed E-state index contributed by atoms with van der Waals surface area (Å²) in [6, 6.07) is 3.61. The molecular weight excluding hydrogens is 385 g/mol. The van der Waals surface area contributed by atoms with E-state index in [2.05, 4.69) is 20.4 Å². The minimum atomic E-state index is -4.51. The summed E-state index contributed by atoms with van der Waals surface area (Å²) in [5, 5.41) is 9.98. The number of benzene rings is 1. The highest BCUT2D eigenvalue weighted by Crippen LogP contribution is 2.36. The van der Waals surface area contributed by atoms with E-state index in [1.807, 2.05) is 14.1 Å². The maximum atomic E-state index is 13.4. The highest BCUT2D eigenvalue weighted by atomic mass is 19.4. The zero-order valence-corrected chi connectivity index (χ0v) is 16.9. The molecule has 0 spiro atoms. The molecule has 2 N–H and O–H groups in total. The molecule has 0 aliphatic carbocycles. The molecule has 0 saturated carbocycles. The van der Waals surface area contributed by atoms with Gasteiger partial charge in [-0.3, -0.25) is 5.10 Å². The molecule has 2 rings (SSSR count). The van der Waals surface area contributed by atoms with Crippen LogP contribution in [0, 0.1) is 0 Å². The topological polar surface area (TPSA) is 70.2 Å². The van der Waals surface area contributed by atoms with Crippen LogP contribution in [0.5, 0.6) is 5.75 Å². The molecule has 6 nitrogen and oxygen atoms in total. The summed E-state index contributed by atoms with van der Waals surface area (Å²) in [4.78, 5) is 13.1. The Kier molecular flexibility index (Phi) is 8.21. The minimum Gasteiger partial charge on any atom is -0.494 e. The third-order valence-corrected chi connectivity index (χ3v) is 4.35. The summed E-state index contributed by atoms with van der Waals surface area (Å²) in [5.41, 5.74) is 0.792. The van der Waals surface area contributed by atoms with Gasteiger partial charge in [-0.15, -0.1) is 0 Å². The molecule has 2 aromatic rings. The van der Waals surface area contributed by atoms with Gasteiger partial charge in [-0.1, -0.05) is 0 Å². The van der Waals surface area contributed by atoms with E-state index < -0.39 is 11.7 Å². The van der Waals surface area contributed by atoms with Crippen LogP contribution in [0.1, 0.15) is 30.9 Å². The first-order valence-electron chi connectivity index (χ1n) is 9.41. The number of alkyl halides is 3. The molecule has 0 amide bonds. The Hall–Kier alpha value is -2.39. The van der Waals surface area contributed by atoms with Crippen LogP contribution in [0.25, 0.3) is 11.3 Å². The lowest BCUT2D eigenvalue weighted by Gasteiger charge is -2.17. The van der Waals surface area contributed by atoms with Crippen LogP contribution >= 0.6 is 0 Å². The van der Waals surface area contributed by atoms with Crippen molar-refractivity contribution in [1.82, 2.24) is 20.4 Å². The number of ketones is 1. The van der Waals surface area contributed by atoms with Gasteiger partial charge >= 0.3 is 6.18 Å². The second-order valence-corrected chi connectivity index (χ2v) is 7.00. The van der Waals surface area contributed by atoms with Crippen LogP contribution in [0.15, 0.2) is 24.4 Å². The number of hydrogen-bond acceptors (Lipinski definition) is 5. The second kappa shape index (κ2) is 10.4. The summed E-state index contributed by atoms with van der Waals surface area (Å²) >= 11 is 0. The number of carbonyl (C=O) groups is 1. The molecule has 0 atom stereocenters. The van der Waals surface area contributed by atoms with Gasteiger partial charge in [-0.05, 0) is 45.6 Å². The molecule has 0 fully saturated rings. The lowest BCUT2D eigenvalue weighted by Crippen LogP contribution is -2.27. The number of carbonyl (C=O) groups excluding carboxylic acids is 1. The smallest absolute Gasteiger partial charge is 0.416 e. The van der Waals surface area contributed by atoms with E-state index in [4.69, 9.17) is 4.74 Å². The highest BCUT2D eigenvalue weighted by Gasteiger charge is 2.32. The molecule has 160 valence electrons. The second-order valence-electron chi connectivity index (χ2n) is 7.00.